The van der Waals surface area contributed by atoms with Crippen molar-refractivity contribution < 1.29 is 4.42 Å². The van der Waals surface area contributed by atoms with Gasteiger partial charge < -0.3 is 4.42 Å². The van der Waals surface area contributed by atoms with Crippen LogP contribution in [0.2, 0.25) is 0 Å². The molecule has 0 spiro atoms. The van der Waals surface area contributed by atoms with E-state index in [1.165, 1.54) is 11.3 Å². The zero-order valence-electron chi connectivity index (χ0n) is 12.9. The first-order valence-electron chi connectivity index (χ1n) is 7.35. The lowest BCUT2D eigenvalue weighted by Gasteiger charge is -2.23. The summed E-state index contributed by atoms with van der Waals surface area (Å²) in [5.74, 6) is 1.69. The summed E-state index contributed by atoms with van der Waals surface area (Å²) in [4.78, 5) is 14.8. The standard InChI is InChI=1S/C15H22N4OS/c1-11-6-17-15(20-11)10-18(3)13-4-5-19(8-13)9-14-7-16-12(2)21-14/h6-7,13H,4-5,8-10H2,1-3H3/t13-/m0/s1. The van der Waals surface area contributed by atoms with E-state index in [4.69, 9.17) is 4.42 Å². The maximum Gasteiger partial charge on any atom is 0.208 e. The quantitative estimate of drug-likeness (QED) is 0.849. The Labute approximate surface area is 129 Å². The summed E-state index contributed by atoms with van der Waals surface area (Å²) in [5, 5.41) is 1.15. The number of thiazole rings is 1. The van der Waals surface area contributed by atoms with Crippen molar-refractivity contribution >= 4 is 11.3 Å². The maximum atomic E-state index is 5.57. The van der Waals surface area contributed by atoms with E-state index in [1.54, 1.807) is 17.5 Å². The van der Waals surface area contributed by atoms with Crippen molar-refractivity contribution in [1.82, 2.24) is 19.8 Å². The Hall–Kier alpha value is -1.24. The maximum absolute atomic E-state index is 5.57. The first-order valence-corrected chi connectivity index (χ1v) is 8.17. The zero-order chi connectivity index (χ0) is 14.8. The molecule has 0 aliphatic carbocycles. The third kappa shape index (κ3) is 3.70. The van der Waals surface area contributed by atoms with Crippen LogP contribution in [0.15, 0.2) is 16.8 Å². The third-order valence-corrected chi connectivity index (χ3v) is 4.87. The van der Waals surface area contributed by atoms with Crippen LogP contribution in [-0.4, -0.2) is 45.9 Å². The molecular weight excluding hydrogens is 284 g/mol. The van der Waals surface area contributed by atoms with Crippen molar-refractivity contribution in [1.29, 1.82) is 0 Å². The monoisotopic (exact) mass is 306 g/mol. The van der Waals surface area contributed by atoms with Crippen LogP contribution in [0.1, 0.15) is 28.0 Å². The smallest absolute Gasteiger partial charge is 0.208 e. The van der Waals surface area contributed by atoms with E-state index in [2.05, 4.69) is 33.7 Å². The molecule has 5 nitrogen and oxygen atoms in total. The number of hydrogen-bond donors (Lipinski definition) is 0. The van der Waals surface area contributed by atoms with Crippen molar-refractivity contribution in [3.05, 3.63) is 33.9 Å². The average Bonchev–Trinajstić information content (AvgIpc) is 3.13. The number of likely N-dealkylation sites (N-methyl/N-ethyl adjacent to an activating group) is 1. The van der Waals surface area contributed by atoms with Gasteiger partial charge in [0, 0.05) is 36.8 Å². The molecular formula is C15H22N4OS. The fraction of sp³-hybridized carbons (Fsp3) is 0.600. The predicted molar refractivity (Wildman–Crippen MR) is 83.2 cm³/mol. The molecule has 6 heteroatoms. The molecule has 21 heavy (non-hydrogen) atoms. The average molecular weight is 306 g/mol. The Balaban J connectivity index is 1.51. The van der Waals surface area contributed by atoms with E-state index in [9.17, 15) is 0 Å². The predicted octanol–water partition coefficient (Wildman–Crippen LogP) is 2.45. The molecule has 1 aliphatic heterocycles. The molecule has 1 aliphatic rings. The first kappa shape index (κ1) is 14.7. The van der Waals surface area contributed by atoms with Crippen molar-refractivity contribution in [2.24, 2.45) is 0 Å². The minimum atomic E-state index is 0.575. The van der Waals surface area contributed by atoms with Gasteiger partial charge in [0.25, 0.3) is 0 Å². The molecule has 0 N–H and O–H groups in total. The highest BCUT2D eigenvalue weighted by Gasteiger charge is 2.26. The number of nitrogens with zero attached hydrogens (tertiary/aromatic N) is 4. The number of likely N-dealkylation sites (tertiary alicyclic amines) is 1. The Morgan fingerprint density at radius 1 is 1.38 bits per heavy atom. The number of rotatable bonds is 5. The third-order valence-electron chi connectivity index (χ3n) is 3.97. The van der Waals surface area contributed by atoms with Gasteiger partial charge in [-0.25, -0.2) is 9.97 Å². The highest BCUT2D eigenvalue weighted by molar-refractivity contribution is 7.11. The van der Waals surface area contributed by atoms with Gasteiger partial charge >= 0.3 is 0 Å². The fourth-order valence-electron chi connectivity index (χ4n) is 2.83. The van der Waals surface area contributed by atoms with E-state index in [0.717, 1.165) is 42.8 Å². The normalized spacial score (nSPS) is 19.7. The van der Waals surface area contributed by atoms with Crippen LogP contribution in [0.4, 0.5) is 0 Å². The molecule has 0 bridgehead atoms. The summed E-state index contributed by atoms with van der Waals surface area (Å²) in [7, 11) is 2.16. The van der Waals surface area contributed by atoms with E-state index >= 15 is 0 Å². The minimum absolute atomic E-state index is 0.575. The largest absolute Gasteiger partial charge is 0.445 e. The van der Waals surface area contributed by atoms with Gasteiger partial charge in [0.2, 0.25) is 5.89 Å². The number of oxazole rings is 1. The molecule has 0 aromatic carbocycles. The molecule has 3 heterocycles. The van der Waals surface area contributed by atoms with Gasteiger partial charge in [0.05, 0.1) is 17.7 Å². The molecule has 0 amide bonds. The second kappa shape index (κ2) is 6.25. The van der Waals surface area contributed by atoms with Crippen LogP contribution in [0.5, 0.6) is 0 Å². The highest BCUT2D eigenvalue weighted by Crippen LogP contribution is 2.21. The molecule has 114 valence electrons. The van der Waals surface area contributed by atoms with Crippen LogP contribution in [0, 0.1) is 13.8 Å². The van der Waals surface area contributed by atoms with Crippen molar-refractivity contribution in [3.8, 4) is 0 Å². The fourth-order valence-corrected chi connectivity index (χ4v) is 3.67. The second-order valence-corrected chi connectivity index (χ2v) is 7.12. The van der Waals surface area contributed by atoms with Gasteiger partial charge in [-0.3, -0.25) is 9.80 Å². The van der Waals surface area contributed by atoms with Gasteiger partial charge in [-0.1, -0.05) is 0 Å². The van der Waals surface area contributed by atoms with E-state index < -0.39 is 0 Å². The summed E-state index contributed by atoms with van der Waals surface area (Å²) >= 11 is 1.80. The van der Waals surface area contributed by atoms with Crippen LogP contribution >= 0.6 is 11.3 Å². The summed E-state index contributed by atoms with van der Waals surface area (Å²) in [6, 6.07) is 0.575. The molecule has 1 saturated heterocycles. The summed E-state index contributed by atoms with van der Waals surface area (Å²) < 4.78 is 5.57. The molecule has 2 aromatic rings. The van der Waals surface area contributed by atoms with Crippen molar-refractivity contribution in [3.63, 3.8) is 0 Å². The Kier molecular flexibility index (Phi) is 4.37. The van der Waals surface area contributed by atoms with Crippen molar-refractivity contribution in [2.45, 2.75) is 39.4 Å². The van der Waals surface area contributed by atoms with Crippen molar-refractivity contribution in [2.75, 3.05) is 20.1 Å². The topological polar surface area (TPSA) is 45.4 Å². The summed E-state index contributed by atoms with van der Waals surface area (Å²) in [6.45, 7) is 8.06. The van der Waals surface area contributed by atoms with E-state index in [-0.39, 0.29) is 0 Å². The SMILES string of the molecule is Cc1cnc(CN(C)[C@H]2CCN(Cc3cnc(C)s3)C2)o1. The Morgan fingerprint density at radius 3 is 2.90 bits per heavy atom. The lowest BCUT2D eigenvalue weighted by molar-refractivity contribution is 0.205. The zero-order valence-corrected chi connectivity index (χ0v) is 13.7. The minimum Gasteiger partial charge on any atom is -0.445 e. The van der Waals surface area contributed by atoms with E-state index in [0.29, 0.717) is 6.04 Å². The molecule has 1 atom stereocenters. The van der Waals surface area contributed by atoms with Crippen LogP contribution in [0.3, 0.4) is 0 Å². The lowest BCUT2D eigenvalue weighted by Crippen LogP contribution is -2.34. The van der Waals surface area contributed by atoms with Crippen LogP contribution < -0.4 is 0 Å². The summed E-state index contributed by atoms with van der Waals surface area (Å²) in [5.41, 5.74) is 0. The second-order valence-electron chi connectivity index (χ2n) is 5.80. The van der Waals surface area contributed by atoms with Crippen LogP contribution in [0.25, 0.3) is 0 Å². The highest BCUT2D eigenvalue weighted by atomic mass is 32.1. The molecule has 3 rings (SSSR count). The van der Waals surface area contributed by atoms with Gasteiger partial charge in [0.15, 0.2) is 0 Å². The van der Waals surface area contributed by atoms with Gasteiger partial charge in [0.1, 0.15) is 5.76 Å². The molecule has 1 fully saturated rings. The molecule has 2 aromatic heterocycles. The first-order chi connectivity index (χ1) is 10.1. The molecule has 0 radical (unpaired) electrons. The molecule has 0 saturated carbocycles. The van der Waals surface area contributed by atoms with E-state index in [1.807, 2.05) is 13.1 Å². The number of hydrogen-bond acceptors (Lipinski definition) is 6. The van der Waals surface area contributed by atoms with Gasteiger partial charge in [-0.2, -0.15) is 0 Å². The Bertz CT molecular complexity index is 594. The Morgan fingerprint density at radius 2 is 2.24 bits per heavy atom. The van der Waals surface area contributed by atoms with Gasteiger partial charge in [-0.15, -0.1) is 11.3 Å². The summed E-state index contributed by atoms with van der Waals surface area (Å²) in [6.07, 6.45) is 5.00. The van der Waals surface area contributed by atoms with Crippen LogP contribution in [-0.2, 0) is 13.1 Å². The lowest BCUT2D eigenvalue weighted by atomic mass is 10.2. The number of aryl methyl sites for hydroxylation is 2. The molecule has 0 unspecified atom stereocenters. The number of aromatic nitrogens is 2. The van der Waals surface area contributed by atoms with Gasteiger partial charge in [-0.05, 0) is 27.3 Å².